The van der Waals surface area contributed by atoms with E-state index in [0.717, 1.165) is 0 Å². The van der Waals surface area contributed by atoms with Gasteiger partial charge in [0.05, 0.1) is 0 Å². The molecule has 0 aromatic heterocycles. The summed E-state index contributed by atoms with van der Waals surface area (Å²) in [5.41, 5.74) is 4.76. The third kappa shape index (κ3) is 5.40. The quantitative estimate of drug-likeness (QED) is 0.416. The van der Waals surface area contributed by atoms with Crippen molar-refractivity contribution >= 4 is 6.65 Å². The summed E-state index contributed by atoms with van der Waals surface area (Å²) in [6.07, 6.45) is 3.72. The Bertz CT molecular complexity index is 427. The van der Waals surface area contributed by atoms with Gasteiger partial charge in [-0.05, 0) is 0 Å². The molecule has 0 bridgehead atoms. The second-order valence-electron chi connectivity index (χ2n) is 4.36. The molecule has 1 aromatic carbocycles. The van der Waals surface area contributed by atoms with Crippen LogP contribution in [0.15, 0.2) is 50.8 Å². The number of rotatable bonds is 4. The van der Waals surface area contributed by atoms with E-state index in [1.54, 1.807) is 16.7 Å². The molecule has 0 N–H and O–H groups in total. The molecule has 18 heavy (non-hydrogen) atoms. The van der Waals surface area contributed by atoms with E-state index in [4.69, 9.17) is 0 Å². The fourth-order valence-electron chi connectivity index (χ4n) is 2.01. The normalized spacial score (nSPS) is 14.0. The summed E-state index contributed by atoms with van der Waals surface area (Å²) in [7, 11) is 0. The zero-order valence-corrected chi connectivity index (χ0v) is 17.9. The molecule has 0 fully saturated rings. The van der Waals surface area contributed by atoms with Crippen LogP contribution < -0.4 is 34.0 Å². The standard InChI is InChI=1S/C7H9Si.C7H9.2BrH.Zr/c8-6-7-4-2-1-3-5-7;1-6-4-3-5-7(6)2;;;/h1-5H,6,8H2;4H,3H2,1-2H3;2*1H;/q;;;;+2/p-2. The van der Waals surface area contributed by atoms with Gasteiger partial charge in [0, 0.05) is 0 Å². The van der Waals surface area contributed by atoms with Crippen LogP contribution in [0.2, 0.25) is 0 Å². The Labute approximate surface area is 144 Å². The van der Waals surface area contributed by atoms with Gasteiger partial charge in [0.2, 0.25) is 0 Å². The van der Waals surface area contributed by atoms with Crippen LogP contribution in [-0.4, -0.2) is 6.65 Å². The van der Waals surface area contributed by atoms with Crippen LogP contribution in [0.3, 0.4) is 0 Å². The van der Waals surface area contributed by atoms with Crippen molar-refractivity contribution in [2.24, 2.45) is 0 Å². The minimum Gasteiger partial charge on any atom is -1.00 e. The zero-order chi connectivity index (χ0) is 11.4. The third-order valence-electron chi connectivity index (χ3n) is 3.25. The maximum atomic E-state index is 2.42. The molecule has 1 aliphatic carbocycles. The molecule has 1 aliphatic rings. The predicted molar refractivity (Wildman–Crippen MR) is 69.8 cm³/mol. The molecule has 2 rings (SSSR count). The van der Waals surface area contributed by atoms with Gasteiger partial charge in [-0.15, -0.1) is 0 Å². The van der Waals surface area contributed by atoms with Gasteiger partial charge >= 0.3 is 112 Å². The number of halogens is 2. The Hall–Kier alpha value is 0.760. The number of benzene rings is 1. The Morgan fingerprint density at radius 1 is 1.11 bits per heavy atom. The van der Waals surface area contributed by atoms with Gasteiger partial charge < -0.3 is 34.0 Å². The van der Waals surface area contributed by atoms with E-state index in [-0.39, 0.29) is 63.0 Å². The van der Waals surface area contributed by atoms with Crippen molar-refractivity contribution in [3.8, 4) is 0 Å². The van der Waals surface area contributed by atoms with E-state index in [1.165, 1.54) is 12.5 Å². The molecule has 0 radical (unpaired) electrons. The van der Waals surface area contributed by atoms with Crippen molar-refractivity contribution in [2.75, 3.05) is 0 Å². The molecule has 0 amide bonds. The average Bonchev–Trinajstić information content (AvgIpc) is 2.62. The van der Waals surface area contributed by atoms with Gasteiger partial charge in [-0.1, -0.05) is 0 Å². The molecule has 0 nitrogen and oxygen atoms in total. The van der Waals surface area contributed by atoms with Crippen molar-refractivity contribution < 1.29 is 56.4 Å². The van der Waals surface area contributed by atoms with Crippen molar-refractivity contribution in [2.45, 2.75) is 26.3 Å². The van der Waals surface area contributed by atoms with E-state index in [1.807, 2.05) is 3.28 Å². The summed E-state index contributed by atoms with van der Waals surface area (Å²) in [5.74, 6) is 0. The topological polar surface area (TPSA) is 0 Å². The molecule has 1 aromatic rings. The first-order valence-corrected chi connectivity index (χ1v) is 14.1. The van der Waals surface area contributed by atoms with Crippen LogP contribution in [0.25, 0.3) is 0 Å². The number of hydrogen-bond acceptors (Lipinski definition) is 0. The van der Waals surface area contributed by atoms with Crippen LogP contribution in [0, 0.1) is 0 Å². The molecule has 0 saturated carbocycles. The van der Waals surface area contributed by atoms with Crippen LogP contribution in [0.5, 0.6) is 0 Å². The van der Waals surface area contributed by atoms with E-state index in [9.17, 15) is 0 Å². The number of allylic oxidation sites excluding steroid dienone is 4. The molecule has 4 heteroatoms. The fraction of sp³-hybridized carbons (Fsp3) is 0.286. The Balaban J connectivity index is 0.00000144. The predicted octanol–water partition coefficient (Wildman–Crippen LogP) is -3.02. The Kier molecular flexibility index (Phi) is 10.0. The Morgan fingerprint density at radius 3 is 2.33 bits per heavy atom. The first-order valence-electron chi connectivity index (χ1n) is 5.92. The van der Waals surface area contributed by atoms with Gasteiger partial charge in [-0.2, -0.15) is 0 Å². The first-order chi connectivity index (χ1) is 7.77. The largest absolute Gasteiger partial charge is 1.00 e. The second kappa shape index (κ2) is 9.63. The fourth-order valence-corrected chi connectivity index (χ4v) is 12.5. The van der Waals surface area contributed by atoms with Crippen molar-refractivity contribution in [3.05, 3.63) is 56.4 Å². The number of hydrogen-bond donors (Lipinski definition) is 0. The maximum absolute atomic E-state index is 2.42. The van der Waals surface area contributed by atoms with E-state index in [2.05, 4.69) is 50.3 Å². The van der Waals surface area contributed by atoms with Gasteiger partial charge in [-0.3, -0.25) is 0 Å². The molecule has 0 unspecified atom stereocenters. The minimum absolute atomic E-state index is 0. The summed E-state index contributed by atoms with van der Waals surface area (Å²) in [5, 5.41) is 0. The average molecular weight is 465 g/mol. The maximum Gasteiger partial charge on any atom is -1.00 e. The first kappa shape index (κ1) is 18.8. The summed E-state index contributed by atoms with van der Waals surface area (Å²) >= 11 is -0.153. The smallest absolute Gasteiger partial charge is 1.00 e. The van der Waals surface area contributed by atoms with Gasteiger partial charge in [-0.25, -0.2) is 0 Å². The molecule has 96 valence electrons. The molecule has 0 saturated heterocycles. The molecule has 0 spiro atoms. The Morgan fingerprint density at radius 2 is 1.78 bits per heavy atom. The monoisotopic (exact) mass is 462 g/mol. The van der Waals surface area contributed by atoms with Crippen LogP contribution in [-0.2, 0) is 28.4 Å². The van der Waals surface area contributed by atoms with Crippen LogP contribution in [0.4, 0.5) is 0 Å². The summed E-state index contributed by atoms with van der Waals surface area (Å²) in [4.78, 5) is 0. The molecular formula is C14H18Br2SiZr. The van der Waals surface area contributed by atoms with E-state index in [0.29, 0.717) is 0 Å². The van der Waals surface area contributed by atoms with Crippen molar-refractivity contribution in [3.63, 3.8) is 0 Å². The summed E-state index contributed by atoms with van der Waals surface area (Å²) < 4.78 is 1.88. The molecule has 0 atom stereocenters. The zero-order valence-electron chi connectivity index (χ0n) is 10.8. The SMILES string of the molecule is CC1=CC[C]([Zr+2][SiH2]Cc2ccccc2)=C1C.[Br-].[Br-]. The van der Waals surface area contributed by atoms with Gasteiger partial charge in [0.15, 0.2) is 0 Å². The van der Waals surface area contributed by atoms with E-state index >= 15 is 0 Å². The van der Waals surface area contributed by atoms with Crippen molar-refractivity contribution in [1.82, 2.24) is 0 Å². The van der Waals surface area contributed by atoms with Gasteiger partial charge in [0.1, 0.15) is 0 Å². The summed E-state index contributed by atoms with van der Waals surface area (Å²) in [6.45, 7) is 4.80. The van der Waals surface area contributed by atoms with Crippen LogP contribution in [0.1, 0.15) is 25.8 Å². The van der Waals surface area contributed by atoms with E-state index < -0.39 is 0 Å². The molecular weight excluding hydrogens is 447 g/mol. The molecule has 0 heterocycles. The minimum atomic E-state index is -0.153. The third-order valence-corrected chi connectivity index (χ3v) is 13.0. The van der Waals surface area contributed by atoms with Crippen LogP contribution >= 0.6 is 0 Å². The van der Waals surface area contributed by atoms with Crippen molar-refractivity contribution in [1.29, 1.82) is 0 Å². The summed E-state index contributed by atoms with van der Waals surface area (Å²) in [6, 6.07) is 12.4. The molecule has 0 aliphatic heterocycles. The van der Waals surface area contributed by atoms with Gasteiger partial charge in [0.25, 0.3) is 0 Å². The second-order valence-corrected chi connectivity index (χ2v) is 13.5.